The van der Waals surface area contributed by atoms with Crippen LogP contribution in [0.3, 0.4) is 0 Å². The smallest absolute Gasteiger partial charge is 0.162 e. The Morgan fingerprint density at radius 2 is 1.84 bits per heavy atom. The zero-order valence-corrected chi connectivity index (χ0v) is 19.6. The zero-order chi connectivity index (χ0) is 22.1. The number of Topliss-reactive ketones (excluding diaryl/α,β-unsaturated/α-hetero) is 1. The zero-order valence-electron chi connectivity index (χ0n) is 18.8. The number of rotatable bonds is 8. The van der Waals surface area contributed by atoms with Crippen LogP contribution in [0.5, 0.6) is 0 Å². The Balaban J connectivity index is 1.15. The van der Waals surface area contributed by atoms with Crippen molar-refractivity contribution in [2.75, 3.05) is 6.54 Å². The minimum atomic E-state index is 0.112. The number of pyridine rings is 1. The van der Waals surface area contributed by atoms with E-state index in [2.05, 4.69) is 26.6 Å². The molecule has 2 bridgehead atoms. The largest absolute Gasteiger partial charge is 0.332 e. The summed E-state index contributed by atoms with van der Waals surface area (Å²) >= 11 is 6.02. The molecule has 4 heterocycles. The topological polar surface area (TPSA) is 38.1 Å². The fraction of sp³-hybridized carbons (Fsp3) is 0.481. The van der Waals surface area contributed by atoms with E-state index >= 15 is 0 Å². The molecule has 2 aromatic heterocycles. The number of halogens is 1. The third-order valence-corrected chi connectivity index (χ3v) is 7.82. The number of hydrogen-bond acceptors (Lipinski definition) is 3. The van der Waals surface area contributed by atoms with Crippen molar-refractivity contribution >= 4 is 28.4 Å². The number of hydrogen-bond donors (Lipinski definition) is 0. The highest BCUT2D eigenvalue weighted by Gasteiger charge is 2.39. The lowest BCUT2D eigenvalue weighted by molar-refractivity contribution is 0.0978. The lowest BCUT2D eigenvalue weighted by atomic mass is 9.86. The Morgan fingerprint density at radius 3 is 2.56 bits per heavy atom. The molecule has 3 aromatic rings. The molecule has 2 unspecified atom stereocenters. The van der Waals surface area contributed by atoms with Crippen LogP contribution in [0, 0.1) is 5.92 Å². The van der Waals surface area contributed by atoms with Gasteiger partial charge in [-0.2, -0.15) is 0 Å². The number of aryl methyl sites for hydroxylation is 2. The van der Waals surface area contributed by atoms with Crippen molar-refractivity contribution in [3.63, 3.8) is 0 Å². The summed E-state index contributed by atoms with van der Waals surface area (Å²) in [5.74, 6) is 0.954. The maximum Gasteiger partial charge on any atom is 0.162 e. The van der Waals surface area contributed by atoms with Crippen molar-refractivity contribution in [1.82, 2.24) is 14.5 Å². The first-order valence-electron chi connectivity index (χ1n) is 12.0. The third kappa shape index (κ3) is 4.49. The van der Waals surface area contributed by atoms with Gasteiger partial charge in [0.2, 0.25) is 0 Å². The molecule has 0 N–H and O–H groups in total. The Labute approximate surface area is 195 Å². The number of ketones is 1. The van der Waals surface area contributed by atoms with Gasteiger partial charge >= 0.3 is 0 Å². The molecule has 4 nitrogen and oxygen atoms in total. The van der Waals surface area contributed by atoms with E-state index in [4.69, 9.17) is 11.6 Å². The van der Waals surface area contributed by atoms with Crippen LogP contribution in [-0.4, -0.2) is 38.9 Å². The lowest BCUT2D eigenvalue weighted by Gasteiger charge is -2.39. The van der Waals surface area contributed by atoms with Crippen molar-refractivity contribution in [1.29, 1.82) is 0 Å². The Hall–Kier alpha value is -2.17. The predicted octanol–water partition coefficient (Wildman–Crippen LogP) is 6.16. The van der Waals surface area contributed by atoms with E-state index in [0.29, 0.717) is 0 Å². The van der Waals surface area contributed by atoms with Crippen molar-refractivity contribution in [3.8, 4) is 0 Å². The summed E-state index contributed by atoms with van der Waals surface area (Å²) in [4.78, 5) is 19.3. The second-order valence-electron chi connectivity index (χ2n) is 9.65. The van der Waals surface area contributed by atoms with Crippen molar-refractivity contribution in [2.24, 2.45) is 5.92 Å². The van der Waals surface area contributed by atoms with Gasteiger partial charge in [-0.1, -0.05) is 23.7 Å². The normalized spacial score (nSPS) is 23.1. The molecule has 168 valence electrons. The molecule has 2 aliphatic rings. The molecule has 5 rings (SSSR count). The minimum Gasteiger partial charge on any atom is -0.332 e. The third-order valence-electron chi connectivity index (χ3n) is 7.56. The maximum absolute atomic E-state index is 12.0. The molecule has 2 atom stereocenters. The van der Waals surface area contributed by atoms with Gasteiger partial charge in [0, 0.05) is 53.5 Å². The van der Waals surface area contributed by atoms with E-state index in [1.165, 1.54) is 37.7 Å². The van der Waals surface area contributed by atoms with Gasteiger partial charge in [-0.25, -0.2) is 4.98 Å². The van der Waals surface area contributed by atoms with Gasteiger partial charge in [0.15, 0.2) is 5.78 Å². The van der Waals surface area contributed by atoms with Crippen molar-refractivity contribution in [2.45, 2.75) is 70.5 Å². The standard InChI is InChI=1S/C27H32ClN3O/c1-19(32)26-18-30(27-25(26)4-2-13-29-27)14-3-15-31-23-11-12-24(31)17-21(16-23)6-5-20-7-9-22(28)10-8-20/h2,4,7-10,13,18,21,23-24H,3,5-6,11-12,14-17H2,1H3. The molecule has 1 aromatic carbocycles. The number of carbonyl (C=O) groups excluding carboxylic acids is 1. The van der Waals surface area contributed by atoms with Crippen LogP contribution in [0.15, 0.2) is 48.8 Å². The molecule has 32 heavy (non-hydrogen) atoms. The van der Waals surface area contributed by atoms with Gasteiger partial charge in [0.05, 0.1) is 0 Å². The average Bonchev–Trinajstić information content (AvgIpc) is 3.27. The van der Waals surface area contributed by atoms with Gasteiger partial charge < -0.3 is 4.57 Å². The van der Waals surface area contributed by atoms with Crippen LogP contribution in [0.2, 0.25) is 5.02 Å². The monoisotopic (exact) mass is 449 g/mol. The van der Waals surface area contributed by atoms with Crippen LogP contribution < -0.4 is 0 Å². The number of carbonyl (C=O) groups is 1. The first kappa shape index (κ1) is 21.7. The SMILES string of the molecule is CC(=O)c1cn(CCCN2C3CCC2CC(CCc2ccc(Cl)cc2)C3)c2ncccc12. The average molecular weight is 450 g/mol. The molecule has 2 saturated heterocycles. The summed E-state index contributed by atoms with van der Waals surface area (Å²) in [7, 11) is 0. The summed E-state index contributed by atoms with van der Waals surface area (Å²) in [5.41, 5.74) is 3.12. The summed E-state index contributed by atoms with van der Waals surface area (Å²) in [6.45, 7) is 3.69. The number of aromatic nitrogens is 2. The van der Waals surface area contributed by atoms with Crippen LogP contribution in [-0.2, 0) is 13.0 Å². The molecule has 2 fully saturated rings. The van der Waals surface area contributed by atoms with E-state index in [1.54, 1.807) is 6.92 Å². The molecule has 2 aliphatic heterocycles. The van der Waals surface area contributed by atoms with Crippen molar-refractivity contribution < 1.29 is 4.79 Å². The lowest BCUT2D eigenvalue weighted by Crippen LogP contribution is -2.43. The van der Waals surface area contributed by atoms with Gasteiger partial charge in [-0.05, 0) is 87.6 Å². The number of fused-ring (bicyclic) bond motifs is 3. The number of benzene rings is 1. The molecule has 0 saturated carbocycles. The second-order valence-corrected chi connectivity index (χ2v) is 10.1. The van der Waals surface area contributed by atoms with E-state index in [-0.39, 0.29) is 5.78 Å². The molecular weight excluding hydrogens is 418 g/mol. The molecule has 0 spiro atoms. The highest BCUT2D eigenvalue weighted by atomic mass is 35.5. The van der Waals surface area contributed by atoms with E-state index in [1.807, 2.05) is 36.7 Å². The van der Waals surface area contributed by atoms with Crippen LogP contribution in [0.25, 0.3) is 11.0 Å². The summed E-state index contributed by atoms with van der Waals surface area (Å²) in [6.07, 6.45) is 12.7. The van der Waals surface area contributed by atoms with Gasteiger partial charge in [-0.15, -0.1) is 0 Å². The van der Waals surface area contributed by atoms with Crippen LogP contribution in [0.4, 0.5) is 0 Å². The molecule has 5 heteroatoms. The second kappa shape index (κ2) is 9.36. The van der Waals surface area contributed by atoms with Crippen molar-refractivity contribution in [3.05, 3.63) is 64.9 Å². The van der Waals surface area contributed by atoms with Crippen LogP contribution >= 0.6 is 11.6 Å². The fourth-order valence-corrected chi connectivity index (χ4v) is 6.13. The van der Waals surface area contributed by atoms with E-state index in [9.17, 15) is 4.79 Å². The first-order valence-corrected chi connectivity index (χ1v) is 12.4. The number of nitrogens with zero attached hydrogens (tertiary/aromatic N) is 3. The first-order chi connectivity index (χ1) is 15.6. The van der Waals surface area contributed by atoms with Gasteiger partial charge in [0.25, 0.3) is 0 Å². The Morgan fingerprint density at radius 1 is 1.09 bits per heavy atom. The maximum atomic E-state index is 12.0. The number of piperidine rings is 1. The van der Waals surface area contributed by atoms with E-state index in [0.717, 1.165) is 65.6 Å². The fourth-order valence-electron chi connectivity index (χ4n) is 6.01. The predicted molar refractivity (Wildman–Crippen MR) is 130 cm³/mol. The van der Waals surface area contributed by atoms with Gasteiger partial charge in [0.1, 0.15) is 5.65 Å². The highest BCUT2D eigenvalue weighted by molar-refractivity contribution is 6.30. The summed E-state index contributed by atoms with van der Waals surface area (Å²) in [6, 6.07) is 13.8. The summed E-state index contributed by atoms with van der Waals surface area (Å²) in [5, 5.41) is 1.79. The van der Waals surface area contributed by atoms with Crippen LogP contribution in [0.1, 0.15) is 61.4 Å². The molecule has 0 amide bonds. The quantitative estimate of drug-likeness (QED) is 0.386. The summed E-state index contributed by atoms with van der Waals surface area (Å²) < 4.78 is 2.17. The van der Waals surface area contributed by atoms with E-state index < -0.39 is 0 Å². The Kier molecular flexibility index (Phi) is 6.34. The van der Waals surface area contributed by atoms with Gasteiger partial charge in [-0.3, -0.25) is 9.69 Å². The minimum absolute atomic E-state index is 0.112. The molecule has 0 aliphatic carbocycles. The molecule has 0 radical (unpaired) electrons. The highest BCUT2D eigenvalue weighted by Crippen LogP contribution is 2.40. The molecular formula is C27H32ClN3O. The Bertz CT molecular complexity index is 1080.